The number of hydrogen-bond acceptors (Lipinski definition) is 5. The van der Waals surface area contributed by atoms with E-state index in [9.17, 15) is 0 Å². The molecule has 0 bridgehead atoms. The molecule has 0 radical (unpaired) electrons. The summed E-state index contributed by atoms with van der Waals surface area (Å²) in [6.07, 6.45) is 1.74. The van der Waals surface area contributed by atoms with E-state index in [0.29, 0.717) is 17.9 Å². The summed E-state index contributed by atoms with van der Waals surface area (Å²) < 4.78 is 5.19. The number of rotatable bonds is 5. The average Bonchev–Trinajstić information content (AvgIpc) is 2.37. The molecule has 1 aromatic rings. The van der Waals surface area contributed by atoms with Crippen LogP contribution in [0.4, 0.5) is 5.82 Å². The zero-order valence-corrected chi connectivity index (χ0v) is 10.3. The summed E-state index contributed by atoms with van der Waals surface area (Å²) in [7, 11) is 3.54. The van der Waals surface area contributed by atoms with E-state index < -0.39 is 0 Å². The number of amidine groups is 1. The van der Waals surface area contributed by atoms with Gasteiger partial charge in [-0.05, 0) is 19.1 Å². The third-order valence-electron chi connectivity index (χ3n) is 2.47. The third kappa shape index (κ3) is 3.32. The van der Waals surface area contributed by atoms with Gasteiger partial charge in [0.15, 0.2) is 5.84 Å². The topological polar surface area (TPSA) is 84.0 Å². The van der Waals surface area contributed by atoms with E-state index >= 15 is 0 Å². The lowest BCUT2D eigenvalue weighted by Gasteiger charge is -2.23. The number of nitrogens with two attached hydrogens (primary N) is 1. The first-order valence-electron chi connectivity index (χ1n) is 5.27. The highest BCUT2D eigenvalue weighted by Crippen LogP contribution is 2.15. The molecule has 94 valence electrons. The van der Waals surface area contributed by atoms with Crippen molar-refractivity contribution in [1.82, 2.24) is 4.98 Å². The van der Waals surface area contributed by atoms with Gasteiger partial charge in [-0.2, -0.15) is 0 Å². The Kier molecular flexibility index (Phi) is 4.71. The molecular weight excluding hydrogens is 220 g/mol. The zero-order chi connectivity index (χ0) is 12.8. The predicted molar refractivity (Wildman–Crippen MR) is 66.5 cm³/mol. The lowest BCUT2D eigenvalue weighted by molar-refractivity contribution is 0.124. The number of pyridine rings is 1. The van der Waals surface area contributed by atoms with Gasteiger partial charge < -0.3 is 20.6 Å². The van der Waals surface area contributed by atoms with Crippen molar-refractivity contribution in [3.8, 4) is 0 Å². The summed E-state index contributed by atoms with van der Waals surface area (Å²) in [6, 6.07) is 3.50. The van der Waals surface area contributed by atoms with Gasteiger partial charge in [-0.15, -0.1) is 0 Å². The number of likely N-dealkylation sites (N-methyl/N-ethyl adjacent to an activating group) is 1. The molecule has 6 nitrogen and oxygen atoms in total. The Morgan fingerprint density at radius 1 is 1.71 bits per heavy atom. The minimum atomic E-state index is 0.0463. The molecule has 0 amide bonds. The smallest absolute Gasteiger partial charge is 0.173 e. The van der Waals surface area contributed by atoms with Gasteiger partial charge >= 0.3 is 0 Å². The first-order chi connectivity index (χ1) is 8.10. The Balaban J connectivity index is 2.97. The van der Waals surface area contributed by atoms with Gasteiger partial charge in [-0.3, -0.25) is 0 Å². The molecule has 1 heterocycles. The second kappa shape index (κ2) is 6.05. The van der Waals surface area contributed by atoms with Crippen LogP contribution in [0.1, 0.15) is 12.5 Å². The quantitative estimate of drug-likeness (QED) is 0.340. The van der Waals surface area contributed by atoms with Crippen molar-refractivity contribution in [1.29, 1.82) is 0 Å². The maximum atomic E-state index is 8.71. The van der Waals surface area contributed by atoms with Gasteiger partial charge in [-0.1, -0.05) is 5.16 Å². The van der Waals surface area contributed by atoms with Crippen LogP contribution in [0.5, 0.6) is 0 Å². The van der Waals surface area contributed by atoms with E-state index in [0.717, 1.165) is 0 Å². The lowest BCUT2D eigenvalue weighted by Crippen LogP contribution is -2.31. The summed E-state index contributed by atoms with van der Waals surface area (Å²) >= 11 is 0. The number of aromatic nitrogens is 1. The van der Waals surface area contributed by atoms with Crippen LogP contribution in [0.3, 0.4) is 0 Å². The summed E-state index contributed by atoms with van der Waals surface area (Å²) in [5, 5.41) is 11.7. The number of hydrogen-bond donors (Lipinski definition) is 2. The second-order valence-corrected chi connectivity index (χ2v) is 3.79. The molecule has 0 saturated heterocycles. The molecule has 1 unspecified atom stereocenters. The van der Waals surface area contributed by atoms with Gasteiger partial charge in [-0.25, -0.2) is 4.98 Å². The van der Waals surface area contributed by atoms with Gasteiger partial charge in [0.2, 0.25) is 0 Å². The normalized spacial score (nSPS) is 13.5. The number of nitrogens with zero attached hydrogens (tertiary/aromatic N) is 3. The molecule has 0 aromatic carbocycles. The molecule has 6 heteroatoms. The molecule has 0 saturated carbocycles. The molecule has 0 spiro atoms. The fourth-order valence-corrected chi connectivity index (χ4v) is 1.50. The molecule has 1 rings (SSSR count). The van der Waals surface area contributed by atoms with Crippen molar-refractivity contribution in [3.63, 3.8) is 0 Å². The molecule has 0 aliphatic rings. The minimum Gasteiger partial charge on any atom is -0.409 e. The largest absolute Gasteiger partial charge is 0.409 e. The molecule has 1 atom stereocenters. The second-order valence-electron chi connectivity index (χ2n) is 3.79. The van der Waals surface area contributed by atoms with E-state index in [1.165, 1.54) is 0 Å². The van der Waals surface area contributed by atoms with E-state index in [1.807, 2.05) is 18.9 Å². The Morgan fingerprint density at radius 2 is 2.41 bits per heavy atom. The van der Waals surface area contributed by atoms with E-state index in [1.54, 1.807) is 25.4 Å². The highest BCUT2D eigenvalue weighted by Gasteiger charge is 2.13. The van der Waals surface area contributed by atoms with Crippen molar-refractivity contribution in [2.24, 2.45) is 10.9 Å². The molecule has 1 aromatic heterocycles. The number of anilines is 1. The standard InChI is InChI=1S/C11H18N4O2/c1-8(17-3)7-15(2)11-9(10(12)14-16)5-4-6-13-11/h4-6,8,16H,7H2,1-3H3,(H2,12,14). The van der Waals surface area contributed by atoms with E-state index in [4.69, 9.17) is 15.7 Å². The van der Waals surface area contributed by atoms with Gasteiger partial charge in [0.25, 0.3) is 0 Å². The molecular formula is C11H18N4O2. The Morgan fingerprint density at radius 3 is 3.00 bits per heavy atom. The fourth-order valence-electron chi connectivity index (χ4n) is 1.50. The van der Waals surface area contributed by atoms with Gasteiger partial charge in [0.1, 0.15) is 5.82 Å². The van der Waals surface area contributed by atoms with Crippen molar-refractivity contribution in [3.05, 3.63) is 23.9 Å². The van der Waals surface area contributed by atoms with Crippen molar-refractivity contribution < 1.29 is 9.94 Å². The first-order valence-corrected chi connectivity index (χ1v) is 5.27. The molecule has 0 fully saturated rings. The Bertz CT molecular complexity index is 395. The molecule has 3 N–H and O–H groups in total. The van der Waals surface area contributed by atoms with Crippen LogP contribution in [0.25, 0.3) is 0 Å². The lowest BCUT2D eigenvalue weighted by atomic mass is 10.2. The van der Waals surface area contributed by atoms with E-state index in [-0.39, 0.29) is 11.9 Å². The highest BCUT2D eigenvalue weighted by molar-refractivity contribution is 6.01. The molecule has 0 aliphatic carbocycles. The molecule has 17 heavy (non-hydrogen) atoms. The van der Waals surface area contributed by atoms with Crippen LogP contribution in [0, 0.1) is 0 Å². The van der Waals surface area contributed by atoms with Crippen LogP contribution in [-0.4, -0.2) is 42.8 Å². The maximum Gasteiger partial charge on any atom is 0.173 e. The third-order valence-corrected chi connectivity index (χ3v) is 2.47. The maximum absolute atomic E-state index is 8.71. The zero-order valence-electron chi connectivity index (χ0n) is 10.3. The van der Waals surface area contributed by atoms with Crippen LogP contribution in [0.2, 0.25) is 0 Å². The Labute approximate surface area is 101 Å². The summed E-state index contributed by atoms with van der Waals surface area (Å²) in [5.74, 6) is 0.705. The summed E-state index contributed by atoms with van der Waals surface area (Å²) in [5.41, 5.74) is 6.20. The van der Waals surface area contributed by atoms with Gasteiger partial charge in [0, 0.05) is 26.9 Å². The highest BCUT2D eigenvalue weighted by atomic mass is 16.5. The monoisotopic (exact) mass is 238 g/mol. The number of oxime groups is 1. The van der Waals surface area contributed by atoms with Crippen LogP contribution < -0.4 is 10.6 Å². The van der Waals surface area contributed by atoms with Crippen LogP contribution in [0.15, 0.2) is 23.5 Å². The van der Waals surface area contributed by atoms with Crippen LogP contribution in [-0.2, 0) is 4.74 Å². The average molecular weight is 238 g/mol. The first kappa shape index (κ1) is 13.2. The van der Waals surface area contributed by atoms with Crippen molar-refractivity contribution in [2.75, 3.05) is 25.6 Å². The van der Waals surface area contributed by atoms with Crippen molar-refractivity contribution >= 4 is 11.7 Å². The predicted octanol–water partition coefficient (Wildman–Crippen LogP) is 0.647. The SMILES string of the molecule is COC(C)CN(C)c1ncccc1/C(N)=N/O. The number of methoxy groups -OCH3 is 1. The Hall–Kier alpha value is -1.82. The van der Waals surface area contributed by atoms with Crippen LogP contribution >= 0.6 is 0 Å². The fraction of sp³-hybridized carbons (Fsp3) is 0.455. The summed E-state index contributed by atoms with van der Waals surface area (Å²) in [4.78, 5) is 6.14. The molecule has 0 aliphatic heterocycles. The van der Waals surface area contributed by atoms with Crippen molar-refractivity contribution in [2.45, 2.75) is 13.0 Å². The number of ether oxygens (including phenoxy) is 1. The van der Waals surface area contributed by atoms with Gasteiger partial charge in [0.05, 0.1) is 11.7 Å². The minimum absolute atomic E-state index is 0.0463. The van der Waals surface area contributed by atoms with E-state index in [2.05, 4.69) is 10.1 Å². The summed E-state index contributed by atoms with van der Waals surface area (Å²) in [6.45, 7) is 2.63.